The third-order valence-corrected chi connectivity index (χ3v) is 3.41. The Labute approximate surface area is 113 Å². The van der Waals surface area contributed by atoms with E-state index in [9.17, 15) is 4.79 Å². The summed E-state index contributed by atoms with van der Waals surface area (Å²) in [4.78, 5) is 12.8. The molecular formula is C14H21NO2S. The fourth-order valence-electron chi connectivity index (χ4n) is 1.83. The lowest BCUT2D eigenvalue weighted by molar-refractivity contribution is -0.137. The van der Waals surface area contributed by atoms with Crippen molar-refractivity contribution in [1.82, 2.24) is 0 Å². The number of para-hydroxylation sites is 1. The number of carboxylic acid groups (broad SMARTS) is 1. The molecule has 0 aromatic heterocycles. The normalized spacial score (nSPS) is 10.3. The van der Waals surface area contributed by atoms with Gasteiger partial charge in [-0.25, -0.2) is 0 Å². The molecular weight excluding hydrogens is 246 g/mol. The second-order valence-corrected chi connectivity index (χ2v) is 5.15. The monoisotopic (exact) mass is 267 g/mol. The number of aliphatic carboxylic acids is 1. The molecule has 0 saturated carbocycles. The molecule has 0 aliphatic carbocycles. The summed E-state index contributed by atoms with van der Waals surface area (Å²) >= 11 is 1.85. The average molecular weight is 267 g/mol. The highest BCUT2D eigenvalue weighted by atomic mass is 32.2. The van der Waals surface area contributed by atoms with Crippen molar-refractivity contribution in [1.29, 1.82) is 0 Å². The zero-order valence-corrected chi connectivity index (χ0v) is 11.7. The smallest absolute Gasteiger partial charge is 0.303 e. The maximum absolute atomic E-state index is 10.6. The largest absolute Gasteiger partial charge is 0.481 e. The fraction of sp³-hybridized carbons (Fsp3) is 0.500. The molecule has 4 heteroatoms. The predicted molar refractivity (Wildman–Crippen MR) is 78.5 cm³/mol. The molecule has 1 rings (SSSR count). The van der Waals surface area contributed by atoms with E-state index in [0.29, 0.717) is 6.42 Å². The van der Waals surface area contributed by atoms with Crippen molar-refractivity contribution in [2.24, 2.45) is 0 Å². The van der Waals surface area contributed by atoms with Gasteiger partial charge in [0.2, 0.25) is 0 Å². The highest BCUT2D eigenvalue weighted by molar-refractivity contribution is 7.98. The highest BCUT2D eigenvalue weighted by Crippen LogP contribution is 2.15. The number of anilines is 1. The van der Waals surface area contributed by atoms with E-state index in [0.717, 1.165) is 25.3 Å². The van der Waals surface area contributed by atoms with Gasteiger partial charge in [0.05, 0.1) is 0 Å². The summed E-state index contributed by atoms with van der Waals surface area (Å²) in [6, 6.07) is 10.2. The minimum Gasteiger partial charge on any atom is -0.481 e. The number of rotatable bonds is 9. The molecule has 0 fully saturated rings. The van der Waals surface area contributed by atoms with Gasteiger partial charge in [-0.3, -0.25) is 4.79 Å². The van der Waals surface area contributed by atoms with Gasteiger partial charge in [0.25, 0.3) is 0 Å². The average Bonchev–Trinajstić information content (AvgIpc) is 2.38. The van der Waals surface area contributed by atoms with E-state index < -0.39 is 5.97 Å². The van der Waals surface area contributed by atoms with E-state index in [1.807, 2.05) is 30.0 Å². The number of hydrogen-bond donors (Lipinski definition) is 1. The first-order chi connectivity index (χ1) is 8.74. The lowest BCUT2D eigenvalue weighted by atomic mass is 10.2. The van der Waals surface area contributed by atoms with E-state index in [2.05, 4.69) is 23.3 Å². The number of carbonyl (C=O) groups is 1. The summed E-state index contributed by atoms with van der Waals surface area (Å²) in [5, 5.41) is 8.69. The van der Waals surface area contributed by atoms with Gasteiger partial charge in [0, 0.05) is 25.2 Å². The van der Waals surface area contributed by atoms with Crippen molar-refractivity contribution in [3.63, 3.8) is 0 Å². The maximum Gasteiger partial charge on any atom is 0.303 e. The maximum atomic E-state index is 10.6. The van der Waals surface area contributed by atoms with Crippen LogP contribution in [0.3, 0.4) is 0 Å². The standard InChI is InChI=1S/C14H21NO2S/c1-18-12-6-11-15(10-5-9-14(16)17)13-7-3-2-4-8-13/h2-4,7-8H,5-6,9-12H2,1H3,(H,16,17). The van der Waals surface area contributed by atoms with Crippen molar-refractivity contribution >= 4 is 23.4 Å². The molecule has 0 aliphatic rings. The number of thioether (sulfide) groups is 1. The first-order valence-corrected chi connectivity index (χ1v) is 7.64. The van der Waals surface area contributed by atoms with Crippen LogP contribution in [-0.2, 0) is 4.79 Å². The van der Waals surface area contributed by atoms with Crippen LogP contribution in [-0.4, -0.2) is 36.2 Å². The summed E-state index contributed by atoms with van der Waals surface area (Å²) < 4.78 is 0. The van der Waals surface area contributed by atoms with Crippen molar-refractivity contribution in [3.8, 4) is 0 Å². The summed E-state index contributed by atoms with van der Waals surface area (Å²) in [6.07, 6.45) is 4.18. The molecule has 0 aliphatic heterocycles. The number of benzene rings is 1. The molecule has 0 atom stereocenters. The van der Waals surface area contributed by atoms with Crippen LogP contribution in [0.2, 0.25) is 0 Å². The van der Waals surface area contributed by atoms with E-state index >= 15 is 0 Å². The van der Waals surface area contributed by atoms with E-state index in [1.165, 1.54) is 5.69 Å². The molecule has 100 valence electrons. The molecule has 0 bridgehead atoms. The molecule has 18 heavy (non-hydrogen) atoms. The zero-order chi connectivity index (χ0) is 13.2. The topological polar surface area (TPSA) is 40.5 Å². The van der Waals surface area contributed by atoms with E-state index in [-0.39, 0.29) is 6.42 Å². The van der Waals surface area contributed by atoms with Crippen LogP contribution in [0.5, 0.6) is 0 Å². The van der Waals surface area contributed by atoms with Gasteiger partial charge >= 0.3 is 5.97 Å². The SMILES string of the molecule is CSCCCN(CCCC(=O)O)c1ccccc1. The van der Waals surface area contributed by atoms with Gasteiger partial charge in [-0.15, -0.1) is 0 Å². The van der Waals surface area contributed by atoms with Crippen LogP contribution >= 0.6 is 11.8 Å². The highest BCUT2D eigenvalue weighted by Gasteiger charge is 2.06. The van der Waals surface area contributed by atoms with E-state index in [1.54, 1.807) is 0 Å². The summed E-state index contributed by atoms with van der Waals surface area (Å²) in [5.41, 5.74) is 1.18. The van der Waals surface area contributed by atoms with Crippen molar-refractivity contribution < 1.29 is 9.90 Å². The van der Waals surface area contributed by atoms with Gasteiger partial charge in [-0.05, 0) is 37.0 Å². The Hall–Kier alpha value is -1.16. The molecule has 1 aromatic carbocycles. The first kappa shape index (κ1) is 14.9. The Morgan fingerprint density at radius 3 is 2.50 bits per heavy atom. The zero-order valence-electron chi connectivity index (χ0n) is 10.8. The third-order valence-electron chi connectivity index (χ3n) is 2.72. The van der Waals surface area contributed by atoms with Gasteiger partial charge < -0.3 is 10.0 Å². The quantitative estimate of drug-likeness (QED) is 0.698. The van der Waals surface area contributed by atoms with Gasteiger partial charge in [-0.2, -0.15) is 11.8 Å². The Balaban J connectivity index is 2.49. The minimum absolute atomic E-state index is 0.242. The fourth-order valence-corrected chi connectivity index (χ4v) is 2.25. The van der Waals surface area contributed by atoms with Crippen LogP contribution in [0, 0.1) is 0 Å². The molecule has 0 spiro atoms. The minimum atomic E-state index is -0.716. The Morgan fingerprint density at radius 1 is 1.22 bits per heavy atom. The van der Waals surface area contributed by atoms with Crippen LogP contribution in [0.15, 0.2) is 30.3 Å². The summed E-state index contributed by atoms with van der Waals surface area (Å²) in [5.74, 6) is 0.426. The van der Waals surface area contributed by atoms with Gasteiger partial charge in [0.1, 0.15) is 0 Å². The second-order valence-electron chi connectivity index (χ2n) is 4.17. The van der Waals surface area contributed by atoms with Crippen LogP contribution in [0.25, 0.3) is 0 Å². The van der Waals surface area contributed by atoms with Crippen LogP contribution in [0.4, 0.5) is 5.69 Å². The van der Waals surface area contributed by atoms with Crippen molar-refractivity contribution in [2.75, 3.05) is 30.0 Å². The molecule has 0 saturated heterocycles. The van der Waals surface area contributed by atoms with Crippen molar-refractivity contribution in [2.45, 2.75) is 19.3 Å². The van der Waals surface area contributed by atoms with Gasteiger partial charge in [0.15, 0.2) is 0 Å². The molecule has 0 heterocycles. The predicted octanol–water partition coefficient (Wildman–Crippen LogP) is 3.11. The number of carboxylic acids is 1. The van der Waals surface area contributed by atoms with Gasteiger partial charge in [-0.1, -0.05) is 18.2 Å². The molecule has 1 aromatic rings. The Bertz CT molecular complexity index is 343. The lowest BCUT2D eigenvalue weighted by Gasteiger charge is -2.24. The molecule has 3 nitrogen and oxygen atoms in total. The van der Waals surface area contributed by atoms with Crippen LogP contribution in [0.1, 0.15) is 19.3 Å². The Kier molecular flexibility index (Phi) is 7.34. The summed E-state index contributed by atoms with van der Waals surface area (Å²) in [7, 11) is 0. The molecule has 0 radical (unpaired) electrons. The van der Waals surface area contributed by atoms with Crippen molar-refractivity contribution in [3.05, 3.63) is 30.3 Å². The molecule has 0 amide bonds. The lowest BCUT2D eigenvalue weighted by Crippen LogP contribution is -2.26. The molecule has 1 N–H and O–H groups in total. The Morgan fingerprint density at radius 2 is 1.89 bits per heavy atom. The number of hydrogen-bond acceptors (Lipinski definition) is 3. The molecule has 0 unspecified atom stereocenters. The van der Waals surface area contributed by atoms with E-state index in [4.69, 9.17) is 5.11 Å². The third kappa shape index (κ3) is 5.96. The second kappa shape index (κ2) is 8.86. The van der Waals surface area contributed by atoms with Crippen LogP contribution < -0.4 is 4.90 Å². The number of nitrogens with zero attached hydrogens (tertiary/aromatic N) is 1. The first-order valence-electron chi connectivity index (χ1n) is 6.24. The summed E-state index contributed by atoms with van der Waals surface area (Å²) in [6.45, 7) is 1.80.